The van der Waals surface area contributed by atoms with E-state index < -0.39 is 17.8 Å². The summed E-state index contributed by atoms with van der Waals surface area (Å²) in [5, 5.41) is 3.39. The zero-order chi connectivity index (χ0) is 11.6. The molecule has 0 rings (SSSR count). The van der Waals surface area contributed by atoms with Gasteiger partial charge in [0.15, 0.2) is 0 Å². The Morgan fingerprint density at radius 2 is 1.47 bits per heavy atom. The zero-order valence-electron chi connectivity index (χ0n) is 10.5. The second-order valence-corrected chi connectivity index (χ2v) is 8.33. The average molecular weight is 255 g/mol. The topological polar surface area (TPSA) is 39.7 Å². The Labute approximate surface area is 98.5 Å². The van der Waals surface area contributed by atoms with E-state index in [0.717, 1.165) is 24.2 Å². The normalized spacial score (nSPS) is 12.0. The number of unbranched alkanes of at least 4 members (excludes halogenated alkanes) is 1. The molecule has 0 spiro atoms. The van der Waals surface area contributed by atoms with Crippen molar-refractivity contribution in [1.29, 1.82) is 0 Å². The molecule has 5 heteroatoms. The predicted molar refractivity (Wildman–Crippen MR) is 58.2 cm³/mol. The van der Waals surface area contributed by atoms with E-state index >= 15 is 0 Å². The van der Waals surface area contributed by atoms with Crippen LogP contribution < -0.4 is 5.32 Å². The van der Waals surface area contributed by atoms with Crippen LogP contribution in [0.1, 0.15) is 26.2 Å². The van der Waals surface area contributed by atoms with Crippen LogP contribution in [0.15, 0.2) is 0 Å². The third-order valence-electron chi connectivity index (χ3n) is 2.48. The summed E-state index contributed by atoms with van der Waals surface area (Å²) >= 11 is -2.84. The maximum atomic E-state index is 5.38. The molecule has 0 aromatic heterocycles. The van der Waals surface area contributed by atoms with E-state index in [-0.39, 0.29) is 0 Å². The first-order valence-corrected chi connectivity index (χ1v) is 8.62. The first-order chi connectivity index (χ1) is 7.24. The van der Waals surface area contributed by atoms with Crippen molar-refractivity contribution in [1.82, 2.24) is 5.32 Å². The van der Waals surface area contributed by atoms with Gasteiger partial charge in [-0.1, -0.05) is 0 Å². The molecule has 0 aliphatic carbocycles. The van der Waals surface area contributed by atoms with Crippen LogP contribution in [0.3, 0.4) is 0 Å². The van der Waals surface area contributed by atoms with Gasteiger partial charge >= 0.3 is 98.4 Å². The van der Waals surface area contributed by atoms with Gasteiger partial charge < -0.3 is 0 Å². The van der Waals surface area contributed by atoms with Gasteiger partial charge in [0, 0.05) is 0 Å². The molecule has 0 aromatic carbocycles. The third-order valence-corrected chi connectivity index (χ3v) is 6.90. The second kappa shape index (κ2) is 9.76. The summed E-state index contributed by atoms with van der Waals surface area (Å²) < 4.78 is 17.1. The molecule has 1 N–H and O–H groups in total. The molecule has 0 bridgehead atoms. The Kier molecular flexibility index (Phi) is 10.1. The molecular weight excluding hydrogens is 230 g/mol. The van der Waals surface area contributed by atoms with Gasteiger partial charge in [-0.05, 0) is 0 Å². The first-order valence-electron chi connectivity index (χ1n) is 5.60. The van der Waals surface area contributed by atoms with Gasteiger partial charge in [-0.25, -0.2) is 0 Å². The zero-order valence-corrected chi connectivity index (χ0v) is 12.0. The number of nitrogens with one attached hydrogen (secondary N) is 1. The van der Waals surface area contributed by atoms with Crippen LogP contribution in [0.2, 0.25) is 4.73 Å². The van der Waals surface area contributed by atoms with Gasteiger partial charge in [0.2, 0.25) is 0 Å². The average Bonchev–Trinajstić information content (AvgIpc) is 2.29. The Bertz CT molecular complexity index is 134. The summed E-state index contributed by atoms with van der Waals surface area (Å²) in [4.78, 5) is 0. The van der Waals surface area contributed by atoms with Crippen LogP contribution in [-0.2, 0) is 27.7 Å². The van der Waals surface area contributed by atoms with Gasteiger partial charge in [-0.15, -0.1) is 0 Å². The van der Waals surface area contributed by atoms with Crippen LogP contribution in [0.4, 0.5) is 0 Å². The molecule has 0 fully saturated rings. The van der Waals surface area contributed by atoms with Gasteiger partial charge in [0.25, 0.3) is 0 Å². The molecule has 0 radical (unpaired) electrons. The van der Waals surface area contributed by atoms with E-state index in [1.165, 1.54) is 12.8 Å². The fourth-order valence-corrected chi connectivity index (χ4v) is 4.10. The summed E-state index contributed by atoms with van der Waals surface area (Å²) in [5.41, 5.74) is 0. The van der Waals surface area contributed by atoms with Crippen molar-refractivity contribution >= 4 is 0 Å². The Morgan fingerprint density at radius 1 is 0.933 bits per heavy atom. The molecular formula is C10H25NO3Ti. The third kappa shape index (κ3) is 6.66. The van der Waals surface area contributed by atoms with Crippen molar-refractivity contribution in [2.75, 3.05) is 34.4 Å². The number of hydrogen-bond donors (Lipinski definition) is 1. The van der Waals surface area contributed by atoms with Crippen LogP contribution in [0.5, 0.6) is 0 Å². The molecule has 0 aliphatic rings. The van der Waals surface area contributed by atoms with Gasteiger partial charge in [-0.3, -0.25) is 0 Å². The first kappa shape index (κ1) is 15.6. The quantitative estimate of drug-likeness (QED) is 0.479. The minimum absolute atomic E-state index is 0.919. The molecule has 92 valence electrons. The molecule has 0 aliphatic heterocycles. The monoisotopic (exact) mass is 255 g/mol. The van der Waals surface area contributed by atoms with Crippen molar-refractivity contribution in [2.45, 2.75) is 30.9 Å². The molecule has 0 saturated carbocycles. The molecule has 4 nitrogen and oxygen atoms in total. The number of hydrogen-bond acceptors (Lipinski definition) is 4. The number of rotatable bonds is 10. The SMILES string of the molecule is CCCCNCC[CH2][Ti]([O]C)([O]C)[O]C. The van der Waals surface area contributed by atoms with Gasteiger partial charge in [0.05, 0.1) is 0 Å². The Balaban J connectivity index is 3.54. The standard InChI is InChI=1S/C7H16N.3CH3O.Ti/c1-3-5-7-8-6-4-2;3*1-2;/h8H,2-7H2,1H3;3*1H3;/q;3*-1;+3. The fourth-order valence-electron chi connectivity index (χ4n) is 1.41. The summed E-state index contributed by atoms with van der Waals surface area (Å²) in [6, 6.07) is 0. The van der Waals surface area contributed by atoms with E-state index in [9.17, 15) is 0 Å². The van der Waals surface area contributed by atoms with E-state index in [4.69, 9.17) is 9.96 Å². The molecule has 0 unspecified atom stereocenters. The Morgan fingerprint density at radius 3 is 1.93 bits per heavy atom. The van der Waals surface area contributed by atoms with Crippen LogP contribution >= 0.6 is 0 Å². The van der Waals surface area contributed by atoms with Crippen molar-refractivity contribution in [3.05, 3.63) is 0 Å². The van der Waals surface area contributed by atoms with E-state index in [1.807, 2.05) is 0 Å². The fraction of sp³-hybridized carbons (Fsp3) is 1.00. The van der Waals surface area contributed by atoms with Crippen molar-refractivity contribution in [3.8, 4) is 0 Å². The predicted octanol–water partition coefficient (Wildman–Crippen LogP) is 2.02. The summed E-state index contributed by atoms with van der Waals surface area (Å²) in [6.07, 6.45) is 3.54. The van der Waals surface area contributed by atoms with E-state index in [2.05, 4.69) is 12.2 Å². The second-order valence-electron chi connectivity index (χ2n) is 3.50. The Hall–Kier alpha value is 0.554. The molecule has 0 aromatic rings. The molecule has 0 amide bonds. The van der Waals surface area contributed by atoms with Crippen LogP contribution in [0, 0.1) is 0 Å². The van der Waals surface area contributed by atoms with Crippen LogP contribution in [0.25, 0.3) is 0 Å². The van der Waals surface area contributed by atoms with Crippen LogP contribution in [-0.4, -0.2) is 34.4 Å². The summed E-state index contributed by atoms with van der Waals surface area (Å²) in [5.74, 6) is 0. The minimum atomic E-state index is -2.84. The molecule has 0 atom stereocenters. The van der Waals surface area contributed by atoms with Crippen molar-refractivity contribution in [3.63, 3.8) is 0 Å². The maximum absolute atomic E-state index is 5.38. The van der Waals surface area contributed by atoms with Gasteiger partial charge in [-0.2, -0.15) is 0 Å². The van der Waals surface area contributed by atoms with E-state index in [0.29, 0.717) is 0 Å². The molecule has 15 heavy (non-hydrogen) atoms. The van der Waals surface area contributed by atoms with E-state index in [1.54, 1.807) is 21.3 Å². The molecule has 0 saturated heterocycles. The summed E-state index contributed by atoms with van der Waals surface area (Å²) in [6.45, 7) is 4.31. The van der Waals surface area contributed by atoms with Crippen molar-refractivity contribution < 1.29 is 27.7 Å². The summed E-state index contributed by atoms with van der Waals surface area (Å²) in [7, 11) is 5.03. The molecule has 0 heterocycles. The van der Waals surface area contributed by atoms with Crippen molar-refractivity contribution in [2.24, 2.45) is 0 Å². The van der Waals surface area contributed by atoms with Gasteiger partial charge in [0.1, 0.15) is 0 Å².